The summed E-state index contributed by atoms with van der Waals surface area (Å²) in [5.41, 5.74) is 1.30. The van der Waals surface area contributed by atoms with Crippen LogP contribution in [0.2, 0.25) is 0 Å². The predicted octanol–water partition coefficient (Wildman–Crippen LogP) is 3.89. The average Bonchev–Trinajstić information content (AvgIpc) is 2.28. The van der Waals surface area contributed by atoms with Crippen molar-refractivity contribution in [2.24, 2.45) is 5.92 Å². The molecular weight excluding hydrogens is 356 g/mol. The predicted molar refractivity (Wildman–Crippen MR) is 85.9 cm³/mol. The number of likely N-dealkylation sites (N-methyl/N-ethyl adjacent to an activating group) is 1. The lowest BCUT2D eigenvalue weighted by molar-refractivity contribution is 0.288. The van der Waals surface area contributed by atoms with Crippen LogP contribution < -0.4 is 5.32 Å². The largest absolute Gasteiger partial charge is 0.308 e. The van der Waals surface area contributed by atoms with Crippen LogP contribution in [0, 0.1) is 5.92 Å². The number of benzene rings is 1. The summed E-state index contributed by atoms with van der Waals surface area (Å²) in [5.74, 6) is 0.631. The Kier molecular flexibility index (Phi) is 6.85. The highest BCUT2D eigenvalue weighted by Crippen LogP contribution is 2.23. The summed E-state index contributed by atoms with van der Waals surface area (Å²) >= 11 is 7.03. The normalized spacial score (nSPS) is 13.3. The van der Waals surface area contributed by atoms with Gasteiger partial charge in [0.1, 0.15) is 0 Å². The molecule has 1 aromatic carbocycles. The van der Waals surface area contributed by atoms with Gasteiger partial charge in [-0.3, -0.25) is 0 Å². The molecule has 0 fully saturated rings. The topological polar surface area (TPSA) is 15.3 Å². The Morgan fingerprint density at radius 2 is 1.83 bits per heavy atom. The first-order valence-electron chi connectivity index (χ1n) is 6.22. The minimum Gasteiger partial charge on any atom is -0.308 e. The van der Waals surface area contributed by atoms with Crippen molar-refractivity contribution < 1.29 is 0 Å². The smallest absolute Gasteiger partial charge is 0.0320 e. The van der Waals surface area contributed by atoms with E-state index in [-0.39, 0.29) is 0 Å². The Labute approximate surface area is 127 Å². The Bertz CT molecular complexity index is 378. The highest BCUT2D eigenvalue weighted by atomic mass is 79.9. The van der Waals surface area contributed by atoms with Gasteiger partial charge < -0.3 is 10.2 Å². The van der Waals surface area contributed by atoms with Crippen molar-refractivity contribution in [2.75, 3.05) is 20.6 Å². The van der Waals surface area contributed by atoms with Crippen molar-refractivity contribution >= 4 is 31.9 Å². The molecule has 1 aromatic rings. The zero-order chi connectivity index (χ0) is 13.7. The molecule has 0 spiro atoms. The van der Waals surface area contributed by atoms with Gasteiger partial charge in [-0.15, -0.1) is 0 Å². The minimum atomic E-state index is 0.516. The standard InChI is InChI=1S/C14H22Br2N2/c1-10(2)14(9-18(3)4)17-8-11-5-6-12(15)13(16)7-11/h5-7,10,14,17H,8-9H2,1-4H3. The van der Waals surface area contributed by atoms with Gasteiger partial charge in [0, 0.05) is 28.1 Å². The van der Waals surface area contributed by atoms with Gasteiger partial charge in [0.05, 0.1) is 0 Å². The van der Waals surface area contributed by atoms with Crippen LogP contribution in [-0.2, 0) is 6.54 Å². The molecule has 1 unspecified atom stereocenters. The van der Waals surface area contributed by atoms with Crippen molar-refractivity contribution in [3.63, 3.8) is 0 Å². The molecular formula is C14H22Br2N2. The average molecular weight is 378 g/mol. The number of halogens is 2. The molecule has 0 bridgehead atoms. The fourth-order valence-electron chi connectivity index (χ4n) is 1.80. The van der Waals surface area contributed by atoms with Gasteiger partial charge in [0.15, 0.2) is 0 Å². The van der Waals surface area contributed by atoms with E-state index in [1.165, 1.54) is 5.56 Å². The second-order valence-corrected chi connectivity index (χ2v) is 6.95. The Balaban J connectivity index is 2.58. The molecule has 0 aliphatic rings. The molecule has 0 heterocycles. The zero-order valence-corrected chi connectivity index (χ0v) is 14.7. The second kappa shape index (κ2) is 7.63. The van der Waals surface area contributed by atoms with Gasteiger partial charge in [-0.1, -0.05) is 19.9 Å². The molecule has 0 saturated carbocycles. The van der Waals surface area contributed by atoms with E-state index >= 15 is 0 Å². The summed E-state index contributed by atoms with van der Waals surface area (Å²) in [7, 11) is 4.24. The summed E-state index contributed by atoms with van der Waals surface area (Å²) in [5, 5.41) is 3.64. The Morgan fingerprint density at radius 3 is 2.33 bits per heavy atom. The summed E-state index contributed by atoms with van der Waals surface area (Å²) in [4.78, 5) is 2.23. The first-order chi connectivity index (χ1) is 8.40. The quantitative estimate of drug-likeness (QED) is 0.808. The maximum Gasteiger partial charge on any atom is 0.0320 e. The number of rotatable bonds is 6. The first kappa shape index (κ1) is 16.2. The fourth-order valence-corrected chi connectivity index (χ4v) is 2.48. The molecule has 0 radical (unpaired) electrons. The number of hydrogen-bond acceptors (Lipinski definition) is 2. The number of nitrogens with one attached hydrogen (secondary N) is 1. The summed E-state index contributed by atoms with van der Waals surface area (Å²) < 4.78 is 2.20. The highest BCUT2D eigenvalue weighted by molar-refractivity contribution is 9.13. The van der Waals surface area contributed by atoms with E-state index < -0.39 is 0 Å². The molecule has 1 rings (SSSR count). The molecule has 0 aliphatic carbocycles. The third-order valence-electron chi connectivity index (χ3n) is 2.92. The molecule has 1 N–H and O–H groups in total. The maximum atomic E-state index is 3.64. The van der Waals surface area contributed by atoms with Gasteiger partial charge in [-0.2, -0.15) is 0 Å². The van der Waals surface area contributed by atoms with E-state index in [1.807, 2.05) is 0 Å². The van der Waals surface area contributed by atoms with Crippen LogP contribution in [-0.4, -0.2) is 31.6 Å². The molecule has 1 atom stereocenters. The van der Waals surface area contributed by atoms with E-state index in [0.717, 1.165) is 22.0 Å². The number of nitrogens with zero attached hydrogens (tertiary/aromatic N) is 1. The fraction of sp³-hybridized carbons (Fsp3) is 0.571. The second-order valence-electron chi connectivity index (χ2n) is 5.24. The maximum absolute atomic E-state index is 3.64. The van der Waals surface area contributed by atoms with Gasteiger partial charge >= 0.3 is 0 Å². The van der Waals surface area contributed by atoms with Crippen LogP contribution >= 0.6 is 31.9 Å². The minimum absolute atomic E-state index is 0.516. The third kappa shape index (κ3) is 5.39. The van der Waals surface area contributed by atoms with Crippen molar-refractivity contribution in [2.45, 2.75) is 26.4 Å². The Morgan fingerprint density at radius 1 is 1.17 bits per heavy atom. The lowest BCUT2D eigenvalue weighted by Crippen LogP contribution is -2.41. The molecule has 18 heavy (non-hydrogen) atoms. The van der Waals surface area contributed by atoms with Crippen molar-refractivity contribution in [1.82, 2.24) is 10.2 Å². The van der Waals surface area contributed by atoms with Crippen LogP contribution in [0.5, 0.6) is 0 Å². The van der Waals surface area contributed by atoms with Crippen molar-refractivity contribution in [1.29, 1.82) is 0 Å². The molecule has 4 heteroatoms. The summed E-state index contributed by atoms with van der Waals surface area (Å²) in [6.07, 6.45) is 0. The van der Waals surface area contributed by atoms with Crippen LogP contribution in [0.25, 0.3) is 0 Å². The zero-order valence-electron chi connectivity index (χ0n) is 11.5. The van der Waals surface area contributed by atoms with Crippen molar-refractivity contribution in [3.05, 3.63) is 32.7 Å². The van der Waals surface area contributed by atoms with E-state index in [1.54, 1.807) is 0 Å². The lowest BCUT2D eigenvalue weighted by atomic mass is 10.0. The molecule has 0 aromatic heterocycles. The lowest BCUT2D eigenvalue weighted by Gasteiger charge is -2.25. The molecule has 102 valence electrons. The van der Waals surface area contributed by atoms with Crippen LogP contribution in [0.15, 0.2) is 27.1 Å². The summed E-state index contributed by atoms with van der Waals surface area (Å²) in [6.45, 7) is 6.50. The number of hydrogen-bond donors (Lipinski definition) is 1. The van der Waals surface area contributed by atoms with Gasteiger partial charge in [0.2, 0.25) is 0 Å². The van der Waals surface area contributed by atoms with Crippen LogP contribution in [0.4, 0.5) is 0 Å². The monoisotopic (exact) mass is 376 g/mol. The van der Waals surface area contributed by atoms with E-state index in [4.69, 9.17) is 0 Å². The van der Waals surface area contributed by atoms with Crippen LogP contribution in [0.1, 0.15) is 19.4 Å². The molecule has 2 nitrogen and oxygen atoms in total. The van der Waals surface area contributed by atoms with Gasteiger partial charge in [-0.05, 0) is 69.6 Å². The van der Waals surface area contributed by atoms with Gasteiger partial charge in [-0.25, -0.2) is 0 Å². The summed E-state index contributed by atoms with van der Waals surface area (Å²) in [6, 6.07) is 6.90. The highest BCUT2D eigenvalue weighted by Gasteiger charge is 2.13. The van der Waals surface area contributed by atoms with E-state index in [0.29, 0.717) is 12.0 Å². The van der Waals surface area contributed by atoms with Crippen LogP contribution in [0.3, 0.4) is 0 Å². The third-order valence-corrected chi connectivity index (χ3v) is 4.80. The molecule has 0 aliphatic heterocycles. The first-order valence-corrected chi connectivity index (χ1v) is 7.80. The van der Waals surface area contributed by atoms with E-state index in [2.05, 4.69) is 88.2 Å². The Hall–Kier alpha value is 0.1000. The molecule has 0 amide bonds. The van der Waals surface area contributed by atoms with Crippen molar-refractivity contribution in [3.8, 4) is 0 Å². The molecule has 0 saturated heterocycles. The SMILES string of the molecule is CC(C)C(CN(C)C)NCc1ccc(Br)c(Br)c1. The van der Waals surface area contributed by atoms with Gasteiger partial charge in [0.25, 0.3) is 0 Å². The van der Waals surface area contributed by atoms with E-state index in [9.17, 15) is 0 Å².